The quantitative estimate of drug-likeness (QED) is 0.885. The van der Waals surface area contributed by atoms with Gasteiger partial charge in [0.15, 0.2) is 0 Å². The summed E-state index contributed by atoms with van der Waals surface area (Å²) in [4.78, 5) is 0. The highest BCUT2D eigenvalue weighted by Gasteiger charge is 2.38. The second-order valence-electron chi connectivity index (χ2n) is 4.93. The molecule has 0 bridgehead atoms. The van der Waals surface area contributed by atoms with Crippen LogP contribution >= 0.6 is 11.3 Å². The molecule has 2 heterocycles. The van der Waals surface area contributed by atoms with Gasteiger partial charge in [-0.25, -0.2) is 0 Å². The Balaban J connectivity index is 1.95. The number of ether oxygens (including phenoxy) is 1. The fourth-order valence-electron chi connectivity index (χ4n) is 2.55. The Bertz CT molecular complexity index is 536. The summed E-state index contributed by atoms with van der Waals surface area (Å²) in [6.45, 7) is 2.88. The van der Waals surface area contributed by atoms with Gasteiger partial charge in [-0.1, -0.05) is 18.2 Å². The second-order valence-corrected chi connectivity index (χ2v) is 5.84. The molecule has 0 radical (unpaired) electrons. The van der Waals surface area contributed by atoms with Crippen LogP contribution < -0.4 is 5.73 Å². The summed E-state index contributed by atoms with van der Waals surface area (Å²) in [7, 11) is 0. The zero-order valence-corrected chi connectivity index (χ0v) is 10.8. The van der Waals surface area contributed by atoms with Gasteiger partial charge in [0.25, 0.3) is 0 Å². The third-order valence-corrected chi connectivity index (χ3v) is 4.84. The SMILES string of the molecule is CC1OCCC1(N)Cc1csc2ccccc12. The van der Waals surface area contributed by atoms with E-state index in [1.165, 1.54) is 15.6 Å². The molecule has 2 aromatic rings. The Kier molecular flexibility index (Phi) is 2.69. The highest BCUT2D eigenvalue weighted by atomic mass is 32.1. The predicted molar refractivity (Wildman–Crippen MR) is 72.5 cm³/mol. The van der Waals surface area contributed by atoms with Crippen molar-refractivity contribution in [2.75, 3.05) is 6.61 Å². The van der Waals surface area contributed by atoms with Crippen molar-refractivity contribution in [3.8, 4) is 0 Å². The monoisotopic (exact) mass is 247 g/mol. The molecular weight excluding hydrogens is 230 g/mol. The lowest BCUT2D eigenvalue weighted by molar-refractivity contribution is 0.0956. The van der Waals surface area contributed by atoms with Crippen LogP contribution in [0.3, 0.4) is 0 Å². The Morgan fingerprint density at radius 1 is 1.47 bits per heavy atom. The van der Waals surface area contributed by atoms with E-state index < -0.39 is 0 Å². The summed E-state index contributed by atoms with van der Waals surface area (Å²) in [5.74, 6) is 0. The Morgan fingerprint density at radius 2 is 2.29 bits per heavy atom. The minimum absolute atomic E-state index is 0.154. The van der Waals surface area contributed by atoms with Crippen molar-refractivity contribution in [3.63, 3.8) is 0 Å². The van der Waals surface area contributed by atoms with Crippen molar-refractivity contribution < 1.29 is 4.74 Å². The van der Waals surface area contributed by atoms with Gasteiger partial charge < -0.3 is 10.5 Å². The lowest BCUT2D eigenvalue weighted by Crippen LogP contribution is -2.47. The van der Waals surface area contributed by atoms with Crippen LogP contribution in [0.15, 0.2) is 29.6 Å². The minimum Gasteiger partial charge on any atom is -0.377 e. The van der Waals surface area contributed by atoms with Crippen molar-refractivity contribution in [2.45, 2.75) is 31.4 Å². The van der Waals surface area contributed by atoms with Gasteiger partial charge in [-0.05, 0) is 42.2 Å². The van der Waals surface area contributed by atoms with Crippen LogP contribution in [0.2, 0.25) is 0 Å². The summed E-state index contributed by atoms with van der Waals surface area (Å²) in [6, 6.07) is 8.53. The molecule has 1 aromatic carbocycles. The third-order valence-electron chi connectivity index (χ3n) is 3.83. The smallest absolute Gasteiger partial charge is 0.0730 e. The molecule has 2 unspecified atom stereocenters. The van der Waals surface area contributed by atoms with E-state index in [4.69, 9.17) is 10.5 Å². The van der Waals surface area contributed by atoms with Gasteiger partial charge in [0.1, 0.15) is 0 Å². The van der Waals surface area contributed by atoms with Crippen LogP contribution in [0.25, 0.3) is 10.1 Å². The molecular formula is C14H17NOS. The molecule has 3 heteroatoms. The van der Waals surface area contributed by atoms with Crippen LogP contribution in [-0.4, -0.2) is 18.2 Å². The average molecular weight is 247 g/mol. The Labute approximate surface area is 105 Å². The first-order valence-corrected chi connectivity index (χ1v) is 6.93. The highest BCUT2D eigenvalue weighted by molar-refractivity contribution is 7.17. The molecule has 3 rings (SSSR count). The predicted octanol–water partition coefficient (Wildman–Crippen LogP) is 2.95. The molecule has 1 saturated heterocycles. The van der Waals surface area contributed by atoms with Gasteiger partial charge in [0.05, 0.1) is 6.10 Å². The molecule has 0 amide bonds. The molecule has 1 fully saturated rings. The van der Waals surface area contributed by atoms with Gasteiger partial charge in [-0.15, -0.1) is 11.3 Å². The normalized spacial score (nSPS) is 28.9. The van der Waals surface area contributed by atoms with Crippen molar-refractivity contribution >= 4 is 21.4 Å². The molecule has 1 aromatic heterocycles. The number of hydrogen-bond donors (Lipinski definition) is 1. The van der Waals surface area contributed by atoms with Crippen LogP contribution in [0.5, 0.6) is 0 Å². The van der Waals surface area contributed by atoms with Gasteiger partial charge >= 0.3 is 0 Å². The number of fused-ring (bicyclic) bond motifs is 1. The molecule has 0 saturated carbocycles. The first-order valence-electron chi connectivity index (χ1n) is 6.05. The van der Waals surface area contributed by atoms with Crippen LogP contribution in [0.1, 0.15) is 18.9 Å². The average Bonchev–Trinajstić information content (AvgIpc) is 2.86. The third kappa shape index (κ3) is 1.88. The summed E-state index contributed by atoms with van der Waals surface area (Å²) in [5.41, 5.74) is 7.64. The van der Waals surface area contributed by atoms with E-state index >= 15 is 0 Å². The van der Waals surface area contributed by atoms with E-state index in [1.807, 2.05) is 0 Å². The van der Waals surface area contributed by atoms with Crippen molar-refractivity contribution in [1.82, 2.24) is 0 Å². The van der Waals surface area contributed by atoms with Gasteiger partial charge in [-0.2, -0.15) is 0 Å². The number of rotatable bonds is 2. The van der Waals surface area contributed by atoms with Gasteiger partial charge in [0.2, 0.25) is 0 Å². The number of benzene rings is 1. The lowest BCUT2D eigenvalue weighted by atomic mass is 9.86. The minimum atomic E-state index is -0.191. The molecule has 2 N–H and O–H groups in total. The van der Waals surface area contributed by atoms with E-state index in [0.717, 1.165) is 19.4 Å². The van der Waals surface area contributed by atoms with Gasteiger partial charge in [-0.3, -0.25) is 0 Å². The maximum Gasteiger partial charge on any atom is 0.0730 e. The van der Waals surface area contributed by atoms with Crippen molar-refractivity contribution in [2.24, 2.45) is 5.73 Å². The number of nitrogens with two attached hydrogens (primary N) is 1. The molecule has 0 spiro atoms. The fraction of sp³-hybridized carbons (Fsp3) is 0.429. The Hall–Kier alpha value is -0.900. The summed E-state index contributed by atoms with van der Waals surface area (Å²) in [6.07, 6.45) is 2.03. The Morgan fingerprint density at radius 3 is 3.06 bits per heavy atom. The summed E-state index contributed by atoms with van der Waals surface area (Å²) in [5, 5.41) is 3.59. The first-order chi connectivity index (χ1) is 8.19. The molecule has 1 aliphatic rings. The van der Waals surface area contributed by atoms with Crippen LogP contribution in [-0.2, 0) is 11.2 Å². The number of thiophene rings is 1. The molecule has 2 nitrogen and oxygen atoms in total. The second kappa shape index (κ2) is 4.09. The lowest BCUT2D eigenvalue weighted by Gasteiger charge is -2.27. The first kappa shape index (κ1) is 11.2. The topological polar surface area (TPSA) is 35.2 Å². The zero-order valence-electron chi connectivity index (χ0n) is 9.98. The van der Waals surface area contributed by atoms with Crippen molar-refractivity contribution in [3.05, 3.63) is 35.2 Å². The van der Waals surface area contributed by atoms with Crippen LogP contribution in [0.4, 0.5) is 0 Å². The van der Waals surface area contributed by atoms with E-state index in [2.05, 4.69) is 36.6 Å². The maximum absolute atomic E-state index is 6.46. The molecule has 2 atom stereocenters. The maximum atomic E-state index is 6.46. The molecule has 90 valence electrons. The fourth-order valence-corrected chi connectivity index (χ4v) is 3.51. The van der Waals surface area contributed by atoms with E-state index in [0.29, 0.717) is 0 Å². The number of hydrogen-bond acceptors (Lipinski definition) is 3. The molecule has 0 aliphatic carbocycles. The van der Waals surface area contributed by atoms with E-state index in [9.17, 15) is 0 Å². The largest absolute Gasteiger partial charge is 0.377 e. The van der Waals surface area contributed by atoms with Crippen molar-refractivity contribution in [1.29, 1.82) is 0 Å². The molecule has 1 aliphatic heterocycles. The highest BCUT2D eigenvalue weighted by Crippen LogP contribution is 2.32. The molecule has 17 heavy (non-hydrogen) atoms. The van der Waals surface area contributed by atoms with E-state index in [-0.39, 0.29) is 11.6 Å². The summed E-state index contributed by atoms with van der Waals surface area (Å²) >= 11 is 1.80. The zero-order chi connectivity index (χ0) is 11.9. The van der Waals surface area contributed by atoms with E-state index in [1.54, 1.807) is 11.3 Å². The van der Waals surface area contributed by atoms with Gasteiger partial charge in [0, 0.05) is 16.8 Å². The van der Waals surface area contributed by atoms with Crippen LogP contribution in [0, 0.1) is 0 Å². The standard InChI is InChI=1S/C14H17NOS/c1-10-14(15,6-7-16-10)8-11-9-17-13-5-3-2-4-12(11)13/h2-5,9-10H,6-8,15H2,1H3. The summed E-state index contributed by atoms with van der Waals surface area (Å²) < 4.78 is 6.95.